The third-order valence-corrected chi connectivity index (χ3v) is 3.79. The quantitative estimate of drug-likeness (QED) is 0.611. The fourth-order valence-corrected chi connectivity index (χ4v) is 2.38. The van der Waals surface area contributed by atoms with Gasteiger partial charge in [0.15, 0.2) is 0 Å². The number of aliphatic carboxylic acids is 1. The summed E-state index contributed by atoms with van der Waals surface area (Å²) in [7, 11) is -3.16. The first kappa shape index (κ1) is 18.9. The summed E-state index contributed by atoms with van der Waals surface area (Å²) in [5.74, 6) is -1.39. The van der Waals surface area contributed by atoms with E-state index in [1.165, 1.54) is 4.90 Å². The number of carboxylic acids is 1. The summed E-state index contributed by atoms with van der Waals surface area (Å²) >= 11 is 0. The molecule has 20 heavy (non-hydrogen) atoms. The lowest BCUT2D eigenvalue weighted by atomic mass is 10.1. The second-order valence-corrected chi connectivity index (χ2v) is 7.41. The number of carboxylic acid groups (broad SMARTS) is 1. The Hall–Kier alpha value is -1.15. The smallest absolute Gasteiger partial charge is 0.303 e. The first-order chi connectivity index (χ1) is 9.04. The van der Waals surface area contributed by atoms with Gasteiger partial charge in [-0.05, 0) is 26.7 Å². The molecule has 0 aromatic rings. The molecule has 1 amide bonds. The van der Waals surface area contributed by atoms with Crippen molar-refractivity contribution in [3.63, 3.8) is 0 Å². The monoisotopic (exact) mass is 308 g/mol. The van der Waals surface area contributed by atoms with Crippen molar-refractivity contribution in [1.82, 2.24) is 4.90 Å². The Kier molecular flexibility index (Phi) is 7.74. The van der Waals surface area contributed by atoms with Gasteiger partial charge >= 0.3 is 5.97 Å². The van der Waals surface area contributed by atoms with Crippen LogP contribution in [-0.2, 0) is 19.4 Å². The highest BCUT2D eigenvalue weighted by Gasteiger charge is 2.24. The topological polar surface area (TPSA) is 118 Å². The van der Waals surface area contributed by atoms with Crippen molar-refractivity contribution in [3.8, 4) is 0 Å². The second-order valence-electron chi connectivity index (χ2n) is 5.15. The number of carbonyl (C=O) groups excluding carboxylic acids is 1. The minimum Gasteiger partial charge on any atom is -0.481 e. The summed E-state index contributed by atoms with van der Waals surface area (Å²) in [6.45, 7) is 3.92. The van der Waals surface area contributed by atoms with Crippen LogP contribution in [0.3, 0.4) is 0 Å². The van der Waals surface area contributed by atoms with Gasteiger partial charge in [-0.15, -0.1) is 0 Å². The van der Waals surface area contributed by atoms with E-state index < -0.39 is 21.8 Å². The zero-order valence-corrected chi connectivity index (χ0v) is 13.0. The Morgan fingerprint density at radius 1 is 1.30 bits per heavy atom. The number of nitrogens with two attached hydrogens (primary N) is 1. The molecule has 0 saturated carbocycles. The first-order valence-corrected chi connectivity index (χ1v) is 8.56. The van der Waals surface area contributed by atoms with Gasteiger partial charge in [0, 0.05) is 25.3 Å². The van der Waals surface area contributed by atoms with E-state index in [-0.39, 0.29) is 30.5 Å². The summed E-state index contributed by atoms with van der Waals surface area (Å²) in [4.78, 5) is 24.1. The molecule has 0 aromatic carbocycles. The minimum absolute atomic E-state index is 0.0188. The molecule has 0 saturated heterocycles. The van der Waals surface area contributed by atoms with Crippen LogP contribution in [0.4, 0.5) is 0 Å². The lowest BCUT2D eigenvalue weighted by Gasteiger charge is -2.29. The predicted molar refractivity (Wildman–Crippen MR) is 76.0 cm³/mol. The van der Waals surface area contributed by atoms with Crippen LogP contribution in [0.25, 0.3) is 0 Å². The fraction of sp³-hybridized carbons (Fsp3) is 0.833. The average molecular weight is 308 g/mol. The van der Waals surface area contributed by atoms with Crippen LogP contribution in [0.2, 0.25) is 0 Å². The van der Waals surface area contributed by atoms with Crippen molar-refractivity contribution in [2.45, 2.75) is 45.2 Å². The Labute approximate surface area is 120 Å². The lowest BCUT2D eigenvalue weighted by Crippen LogP contribution is -2.48. The zero-order chi connectivity index (χ0) is 15.9. The maximum absolute atomic E-state index is 12.1. The molecule has 0 aliphatic carbocycles. The Morgan fingerprint density at radius 2 is 1.85 bits per heavy atom. The summed E-state index contributed by atoms with van der Waals surface area (Å²) in [6.07, 6.45) is 1.49. The van der Waals surface area contributed by atoms with E-state index in [4.69, 9.17) is 10.8 Å². The molecule has 7 nitrogen and oxygen atoms in total. The molecular formula is C12H24N2O5S. The zero-order valence-electron chi connectivity index (χ0n) is 12.2. The van der Waals surface area contributed by atoms with Crippen molar-refractivity contribution in [1.29, 1.82) is 0 Å². The molecule has 0 radical (unpaired) electrons. The highest BCUT2D eigenvalue weighted by molar-refractivity contribution is 7.90. The van der Waals surface area contributed by atoms with E-state index >= 15 is 0 Å². The number of sulfone groups is 1. The van der Waals surface area contributed by atoms with Gasteiger partial charge in [0.2, 0.25) is 5.91 Å². The molecule has 0 bridgehead atoms. The molecule has 0 aliphatic heterocycles. The van der Waals surface area contributed by atoms with Crippen LogP contribution >= 0.6 is 0 Å². The highest BCUT2D eigenvalue weighted by Crippen LogP contribution is 2.07. The second kappa shape index (κ2) is 8.21. The number of rotatable bonds is 9. The molecule has 3 N–H and O–H groups in total. The highest BCUT2D eigenvalue weighted by atomic mass is 32.2. The van der Waals surface area contributed by atoms with E-state index in [1.54, 1.807) is 0 Å². The van der Waals surface area contributed by atoms with Crippen LogP contribution in [0.1, 0.15) is 33.1 Å². The van der Waals surface area contributed by atoms with Crippen LogP contribution in [0, 0.1) is 0 Å². The van der Waals surface area contributed by atoms with Gasteiger partial charge in [-0.25, -0.2) is 8.42 Å². The predicted octanol–water partition coefficient (Wildman–Crippen LogP) is -0.150. The molecule has 0 aromatic heterocycles. The van der Waals surface area contributed by atoms with Crippen LogP contribution in [-0.4, -0.2) is 60.9 Å². The third kappa shape index (κ3) is 8.11. The van der Waals surface area contributed by atoms with Gasteiger partial charge < -0.3 is 15.7 Å². The molecule has 0 spiro atoms. The molecule has 0 rings (SSSR count). The third-order valence-electron chi connectivity index (χ3n) is 2.81. The van der Waals surface area contributed by atoms with Crippen LogP contribution in [0.5, 0.6) is 0 Å². The lowest BCUT2D eigenvalue weighted by molar-refractivity contribution is -0.139. The molecule has 118 valence electrons. The number of carbonyl (C=O) groups is 2. The van der Waals surface area contributed by atoms with E-state index in [0.717, 1.165) is 6.26 Å². The minimum atomic E-state index is -3.16. The van der Waals surface area contributed by atoms with Gasteiger partial charge in [0.25, 0.3) is 0 Å². The number of nitrogens with zero attached hydrogens (tertiary/aromatic N) is 1. The number of hydrogen-bond donors (Lipinski definition) is 2. The van der Waals surface area contributed by atoms with Crippen LogP contribution in [0.15, 0.2) is 0 Å². The number of hydrogen-bond acceptors (Lipinski definition) is 5. The first-order valence-electron chi connectivity index (χ1n) is 6.50. The van der Waals surface area contributed by atoms with E-state index in [2.05, 4.69) is 0 Å². The SMILES string of the molecule is CC(C)N(CCCC(=O)O)C(=O)C(N)CCS(C)(=O)=O. The van der Waals surface area contributed by atoms with Gasteiger partial charge in [-0.2, -0.15) is 0 Å². The average Bonchev–Trinajstić information content (AvgIpc) is 2.29. The van der Waals surface area contributed by atoms with E-state index in [0.29, 0.717) is 13.0 Å². The molecule has 0 fully saturated rings. The van der Waals surface area contributed by atoms with Crippen LogP contribution < -0.4 is 5.73 Å². The largest absolute Gasteiger partial charge is 0.481 e. The standard InChI is InChI=1S/C12H24N2O5S/c1-9(2)14(7-4-5-11(15)16)12(17)10(13)6-8-20(3,18)19/h9-10H,4-8,13H2,1-3H3,(H,15,16). The number of amides is 1. The van der Waals surface area contributed by atoms with E-state index in [9.17, 15) is 18.0 Å². The maximum Gasteiger partial charge on any atom is 0.303 e. The summed E-state index contributed by atoms with van der Waals surface area (Å²) in [5.41, 5.74) is 5.72. The van der Waals surface area contributed by atoms with Gasteiger partial charge in [-0.1, -0.05) is 0 Å². The summed E-state index contributed by atoms with van der Waals surface area (Å²) in [5, 5.41) is 8.59. The molecular weight excluding hydrogens is 284 g/mol. The van der Waals surface area contributed by atoms with Gasteiger partial charge in [-0.3, -0.25) is 9.59 Å². The van der Waals surface area contributed by atoms with Gasteiger partial charge in [0.05, 0.1) is 11.8 Å². The molecule has 0 aliphatic rings. The van der Waals surface area contributed by atoms with Crippen molar-refractivity contribution in [2.24, 2.45) is 5.73 Å². The molecule has 1 unspecified atom stereocenters. The normalized spacial score (nSPS) is 13.2. The fourth-order valence-electron chi connectivity index (χ4n) is 1.70. The van der Waals surface area contributed by atoms with Crippen molar-refractivity contribution >= 4 is 21.7 Å². The van der Waals surface area contributed by atoms with Gasteiger partial charge in [0.1, 0.15) is 9.84 Å². The van der Waals surface area contributed by atoms with Crippen molar-refractivity contribution in [3.05, 3.63) is 0 Å². The Bertz CT molecular complexity index is 433. The maximum atomic E-state index is 12.1. The molecule has 8 heteroatoms. The summed E-state index contributed by atoms with van der Waals surface area (Å²) < 4.78 is 22.1. The molecule has 1 atom stereocenters. The Morgan fingerprint density at radius 3 is 2.25 bits per heavy atom. The van der Waals surface area contributed by atoms with Crippen molar-refractivity contribution < 1.29 is 23.1 Å². The summed E-state index contributed by atoms with van der Waals surface area (Å²) in [6, 6.07) is -0.988. The Balaban J connectivity index is 4.51. The molecule has 0 heterocycles. The van der Waals surface area contributed by atoms with E-state index in [1.807, 2.05) is 13.8 Å². The van der Waals surface area contributed by atoms with Crippen molar-refractivity contribution in [2.75, 3.05) is 18.6 Å².